The molecule has 2 amide bonds. The maximum absolute atomic E-state index is 14.7. The van der Waals surface area contributed by atoms with E-state index in [1.54, 1.807) is 12.1 Å². The van der Waals surface area contributed by atoms with Crippen LogP contribution in [0.25, 0.3) is 0 Å². The number of hydrogen-bond donors (Lipinski definition) is 3. The summed E-state index contributed by atoms with van der Waals surface area (Å²) in [4.78, 5) is 28.0. The van der Waals surface area contributed by atoms with Crippen LogP contribution in [0.2, 0.25) is 0 Å². The van der Waals surface area contributed by atoms with Crippen molar-refractivity contribution in [1.82, 2.24) is 10.6 Å². The topological polar surface area (TPSA) is 99.9 Å². The molecule has 2 fully saturated rings. The monoisotopic (exact) mass is 513 g/mol. The molecule has 34 heavy (non-hydrogen) atoms. The average molecular weight is 514 g/mol. The van der Waals surface area contributed by atoms with E-state index in [2.05, 4.69) is 10.6 Å². The standard InChI is InChI=1S/C23H28FN5O3.2ClH/c24-19-13-17(6-7-21(19)28-10-8-26-9-11-28)29-15-18(32-23(29)31)14-27-22(30)20(25)12-16-4-2-1-3-5-16;;/h1-7,13,18,20,26H,8-12,14-15,25H2,(H,27,30);2*1H. The van der Waals surface area contributed by atoms with Crippen LogP contribution in [0.1, 0.15) is 5.56 Å². The fourth-order valence-electron chi connectivity index (χ4n) is 3.97. The lowest BCUT2D eigenvalue weighted by Gasteiger charge is -2.30. The lowest BCUT2D eigenvalue weighted by Crippen LogP contribution is -2.45. The Morgan fingerprint density at radius 3 is 2.56 bits per heavy atom. The van der Waals surface area contributed by atoms with Gasteiger partial charge in [-0.3, -0.25) is 9.69 Å². The molecule has 2 aromatic rings. The van der Waals surface area contributed by atoms with Crippen molar-refractivity contribution >= 4 is 48.2 Å². The first-order valence-electron chi connectivity index (χ1n) is 10.8. The van der Waals surface area contributed by atoms with Crippen LogP contribution < -0.4 is 26.2 Å². The second kappa shape index (κ2) is 12.8. The van der Waals surface area contributed by atoms with Crippen LogP contribution in [0.5, 0.6) is 0 Å². The van der Waals surface area contributed by atoms with Gasteiger partial charge in [0, 0.05) is 26.2 Å². The largest absolute Gasteiger partial charge is 0.442 e. The number of rotatable bonds is 7. The van der Waals surface area contributed by atoms with Crippen LogP contribution in [0.3, 0.4) is 0 Å². The number of nitrogens with one attached hydrogen (secondary N) is 2. The van der Waals surface area contributed by atoms with Crippen molar-refractivity contribution in [2.75, 3.05) is 49.1 Å². The third-order valence-corrected chi connectivity index (χ3v) is 5.71. The summed E-state index contributed by atoms with van der Waals surface area (Å²) in [5.74, 6) is -0.685. The minimum atomic E-state index is -0.697. The molecule has 2 aliphatic rings. The molecular weight excluding hydrogens is 484 g/mol. The van der Waals surface area contributed by atoms with Gasteiger partial charge in [0.15, 0.2) is 0 Å². The molecule has 4 N–H and O–H groups in total. The zero-order valence-electron chi connectivity index (χ0n) is 18.6. The first kappa shape index (κ1) is 27.7. The number of anilines is 2. The summed E-state index contributed by atoms with van der Waals surface area (Å²) in [6.45, 7) is 3.45. The van der Waals surface area contributed by atoms with Crippen molar-refractivity contribution in [3.05, 3.63) is 59.9 Å². The maximum Gasteiger partial charge on any atom is 0.414 e. The minimum Gasteiger partial charge on any atom is -0.442 e. The number of benzene rings is 2. The third kappa shape index (κ3) is 6.73. The molecule has 4 rings (SSSR count). The van der Waals surface area contributed by atoms with Gasteiger partial charge in [-0.15, -0.1) is 24.8 Å². The van der Waals surface area contributed by atoms with Crippen molar-refractivity contribution in [1.29, 1.82) is 0 Å². The molecule has 2 unspecified atom stereocenters. The number of piperazine rings is 1. The molecule has 0 aliphatic carbocycles. The molecule has 2 saturated heterocycles. The van der Waals surface area contributed by atoms with E-state index in [1.165, 1.54) is 11.0 Å². The Balaban J connectivity index is 0.00000204. The Bertz CT molecular complexity index is 963. The molecule has 8 nitrogen and oxygen atoms in total. The zero-order chi connectivity index (χ0) is 22.5. The molecule has 186 valence electrons. The molecule has 0 spiro atoms. The molecular formula is C23H30Cl2FN5O3. The van der Waals surface area contributed by atoms with Crippen LogP contribution in [-0.2, 0) is 16.0 Å². The number of hydrogen-bond acceptors (Lipinski definition) is 6. The van der Waals surface area contributed by atoms with Crippen LogP contribution in [0.4, 0.5) is 20.6 Å². The highest BCUT2D eigenvalue weighted by atomic mass is 35.5. The van der Waals surface area contributed by atoms with Gasteiger partial charge in [-0.1, -0.05) is 30.3 Å². The van der Waals surface area contributed by atoms with Crippen LogP contribution >= 0.6 is 24.8 Å². The Labute approximate surface area is 210 Å². The van der Waals surface area contributed by atoms with Gasteiger partial charge in [-0.2, -0.15) is 0 Å². The second-order valence-electron chi connectivity index (χ2n) is 8.03. The van der Waals surface area contributed by atoms with Crippen molar-refractivity contribution in [2.24, 2.45) is 5.73 Å². The minimum absolute atomic E-state index is 0. The van der Waals surface area contributed by atoms with Gasteiger partial charge < -0.3 is 26.0 Å². The number of carbonyl (C=O) groups excluding carboxylic acids is 2. The van der Waals surface area contributed by atoms with Crippen molar-refractivity contribution in [2.45, 2.75) is 18.6 Å². The summed E-state index contributed by atoms with van der Waals surface area (Å²) in [6, 6.07) is 13.6. The van der Waals surface area contributed by atoms with Gasteiger partial charge in [-0.25, -0.2) is 9.18 Å². The Morgan fingerprint density at radius 2 is 1.88 bits per heavy atom. The van der Waals surface area contributed by atoms with Crippen molar-refractivity contribution < 1.29 is 18.7 Å². The van der Waals surface area contributed by atoms with Gasteiger partial charge in [0.2, 0.25) is 5.91 Å². The van der Waals surface area contributed by atoms with E-state index in [-0.39, 0.29) is 49.6 Å². The van der Waals surface area contributed by atoms with E-state index in [1.807, 2.05) is 35.2 Å². The smallest absolute Gasteiger partial charge is 0.414 e. The fourth-order valence-corrected chi connectivity index (χ4v) is 3.97. The van der Waals surface area contributed by atoms with E-state index in [4.69, 9.17) is 10.5 Å². The van der Waals surface area contributed by atoms with Crippen LogP contribution in [0, 0.1) is 5.82 Å². The SMILES string of the molecule is Cl.Cl.NC(Cc1ccccc1)C(=O)NCC1CN(c2ccc(N3CCNCC3)c(F)c2)C(=O)O1. The number of carbonyl (C=O) groups is 2. The third-order valence-electron chi connectivity index (χ3n) is 5.71. The summed E-state index contributed by atoms with van der Waals surface area (Å²) in [7, 11) is 0. The Kier molecular flexibility index (Phi) is 10.4. The van der Waals surface area contributed by atoms with Crippen LogP contribution in [0.15, 0.2) is 48.5 Å². The van der Waals surface area contributed by atoms with E-state index in [0.717, 1.165) is 31.7 Å². The van der Waals surface area contributed by atoms with Crippen LogP contribution in [-0.4, -0.2) is 63.4 Å². The highest BCUT2D eigenvalue weighted by Crippen LogP contribution is 2.28. The lowest BCUT2D eigenvalue weighted by atomic mass is 10.1. The molecule has 11 heteroatoms. The van der Waals surface area contributed by atoms with Crippen molar-refractivity contribution in [3.8, 4) is 0 Å². The Morgan fingerprint density at radius 1 is 1.18 bits per heavy atom. The molecule has 2 atom stereocenters. The molecule has 2 heterocycles. The van der Waals surface area contributed by atoms with Gasteiger partial charge in [0.05, 0.1) is 30.5 Å². The number of amides is 2. The highest BCUT2D eigenvalue weighted by molar-refractivity contribution is 5.90. The van der Waals surface area contributed by atoms with Gasteiger partial charge >= 0.3 is 6.09 Å². The number of ether oxygens (including phenoxy) is 1. The second-order valence-corrected chi connectivity index (χ2v) is 8.03. The molecule has 0 bridgehead atoms. The predicted molar refractivity (Wildman–Crippen MR) is 135 cm³/mol. The predicted octanol–water partition coefficient (Wildman–Crippen LogP) is 2.09. The summed E-state index contributed by atoms with van der Waals surface area (Å²) in [5, 5.41) is 5.98. The van der Waals surface area contributed by atoms with E-state index in [9.17, 15) is 14.0 Å². The molecule has 0 radical (unpaired) electrons. The highest BCUT2D eigenvalue weighted by Gasteiger charge is 2.33. The number of halogens is 3. The number of cyclic esters (lactones) is 1. The quantitative estimate of drug-likeness (QED) is 0.524. The number of nitrogens with zero attached hydrogens (tertiary/aromatic N) is 2. The zero-order valence-corrected chi connectivity index (χ0v) is 20.2. The van der Waals surface area contributed by atoms with E-state index >= 15 is 0 Å². The van der Waals surface area contributed by atoms with E-state index < -0.39 is 18.2 Å². The summed E-state index contributed by atoms with van der Waals surface area (Å²) >= 11 is 0. The molecule has 2 aromatic carbocycles. The first-order valence-corrected chi connectivity index (χ1v) is 10.8. The first-order chi connectivity index (χ1) is 15.5. The fraction of sp³-hybridized carbons (Fsp3) is 0.391. The van der Waals surface area contributed by atoms with E-state index in [0.29, 0.717) is 17.8 Å². The lowest BCUT2D eigenvalue weighted by molar-refractivity contribution is -0.122. The maximum atomic E-state index is 14.7. The van der Waals surface area contributed by atoms with Gasteiger partial charge in [-0.05, 0) is 30.2 Å². The number of nitrogens with two attached hydrogens (primary N) is 1. The normalized spacial score (nSPS) is 18.4. The van der Waals surface area contributed by atoms with Gasteiger partial charge in [0.25, 0.3) is 0 Å². The molecule has 0 aromatic heterocycles. The molecule has 2 aliphatic heterocycles. The van der Waals surface area contributed by atoms with Gasteiger partial charge in [0.1, 0.15) is 11.9 Å². The summed E-state index contributed by atoms with van der Waals surface area (Å²) < 4.78 is 20.1. The Hall–Kier alpha value is -2.59. The van der Waals surface area contributed by atoms with Crippen molar-refractivity contribution in [3.63, 3.8) is 0 Å². The summed E-state index contributed by atoms with van der Waals surface area (Å²) in [5.41, 5.74) is 7.92. The average Bonchev–Trinajstić information content (AvgIpc) is 3.19. The summed E-state index contributed by atoms with van der Waals surface area (Å²) in [6.07, 6.45) is -0.680. The molecule has 0 saturated carbocycles.